The summed E-state index contributed by atoms with van der Waals surface area (Å²) in [4.78, 5) is 24.8. The van der Waals surface area contributed by atoms with Crippen molar-refractivity contribution in [1.82, 2.24) is 10.1 Å². The van der Waals surface area contributed by atoms with Crippen molar-refractivity contribution in [3.8, 4) is 0 Å². The molecule has 0 aromatic rings. The normalized spacial score (nSPS) is 32.5. The minimum atomic E-state index is -0.835. The van der Waals surface area contributed by atoms with Crippen molar-refractivity contribution in [2.45, 2.75) is 191 Å². The quantitative estimate of drug-likeness (QED) is 0.145. The van der Waals surface area contributed by atoms with E-state index in [9.17, 15) is 20.0 Å². The first kappa shape index (κ1) is 39.4. The summed E-state index contributed by atoms with van der Waals surface area (Å²) in [5, 5.41) is 28.8. The third kappa shape index (κ3) is 8.55. The highest BCUT2D eigenvalue weighted by atomic mass is 16.8. The van der Waals surface area contributed by atoms with Gasteiger partial charge in [-0.05, 0) is 66.2 Å². The van der Waals surface area contributed by atoms with E-state index >= 15 is 0 Å². The lowest BCUT2D eigenvalue weighted by molar-refractivity contribution is -0.352. The summed E-state index contributed by atoms with van der Waals surface area (Å²) in [5.41, 5.74) is -2.33. The number of piperidine rings is 2. The summed E-state index contributed by atoms with van der Waals surface area (Å²) in [6.07, 6.45) is 7.60. The SMILES string of the molecule is CCC1(CC)CC2(CC(C)(C)N1[O])OCC(COC(=O)CCCCCCC(=O)OCC1COC3(CC(C)(C)N([O])C(CC)(CC)C3)O1)O2. The minimum absolute atomic E-state index is 0.128. The first-order chi connectivity index (χ1) is 22.5. The molecule has 0 aromatic heterocycles. The fourth-order valence-corrected chi connectivity index (χ4v) is 8.77. The van der Waals surface area contributed by atoms with Gasteiger partial charge in [0.25, 0.3) is 0 Å². The monoisotopic (exact) mass is 682 g/mol. The number of rotatable bonds is 15. The van der Waals surface area contributed by atoms with Gasteiger partial charge in [-0.15, -0.1) is 20.5 Å². The van der Waals surface area contributed by atoms with Crippen LogP contribution in [0.15, 0.2) is 0 Å². The molecule has 12 heteroatoms. The predicted octanol–water partition coefficient (Wildman–Crippen LogP) is 6.19. The molecule has 4 heterocycles. The lowest BCUT2D eigenvalue weighted by Gasteiger charge is -2.55. The maximum atomic E-state index is 13.1. The molecule has 0 aromatic carbocycles. The third-order valence-corrected chi connectivity index (χ3v) is 11.4. The average Bonchev–Trinajstić information content (AvgIpc) is 3.62. The van der Waals surface area contributed by atoms with E-state index in [0.29, 0.717) is 90.3 Å². The molecule has 4 aliphatic rings. The van der Waals surface area contributed by atoms with Gasteiger partial charge in [-0.3, -0.25) is 9.59 Å². The van der Waals surface area contributed by atoms with Crippen molar-refractivity contribution < 1.29 is 48.4 Å². The first-order valence-electron chi connectivity index (χ1n) is 18.4. The lowest BCUT2D eigenvalue weighted by Crippen LogP contribution is -2.66. The zero-order chi connectivity index (χ0) is 35.4. The molecule has 2 spiro atoms. The van der Waals surface area contributed by atoms with E-state index in [0.717, 1.165) is 12.8 Å². The summed E-state index contributed by atoms with van der Waals surface area (Å²) >= 11 is 0. The molecule has 48 heavy (non-hydrogen) atoms. The minimum Gasteiger partial charge on any atom is -0.463 e. The number of carbonyl (C=O) groups excluding carboxylic acids is 2. The van der Waals surface area contributed by atoms with E-state index in [4.69, 9.17) is 28.4 Å². The molecule has 276 valence electrons. The Morgan fingerprint density at radius 3 is 1.29 bits per heavy atom. The van der Waals surface area contributed by atoms with Crippen LogP contribution in [0.1, 0.15) is 145 Å². The van der Waals surface area contributed by atoms with Crippen LogP contribution in [0.3, 0.4) is 0 Å². The van der Waals surface area contributed by atoms with Crippen LogP contribution >= 0.6 is 0 Å². The van der Waals surface area contributed by atoms with Gasteiger partial charge in [0.15, 0.2) is 11.6 Å². The maximum absolute atomic E-state index is 13.1. The zero-order valence-electron chi connectivity index (χ0n) is 30.9. The summed E-state index contributed by atoms with van der Waals surface area (Å²) < 4.78 is 36.0. The van der Waals surface area contributed by atoms with Crippen LogP contribution in [-0.4, -0.2) is 94.4 Å². The Hall–Kier alpha value is -1.38. The smallest absolute Gasteiger partial charge is 0.305 e. The molecule has 4 fully saturated rings. The fourth-order valence-electron chi connectivity index (χ4n) is 8.77. The van der Waals surface area contributed by atoms with Crippen LogP contribution in [0.4, 0.5) is 0 Å². The molecular formula is C36H62N2O10. The Morgan fingerprint density at radius 1 is 0.604 bits per heavy atom. The summed E-state index contributed by atoms with van der Waals surface area (Å²) in [5.74, 6) is -2.22. The van der Waals surface area contributed by atoms with Crippen molar-refractivity contribution in [3.05, 3.63) is 0 Å². The number of hydrogen-bond donors (Lipinski definition) is 0. The van der Waals surface area contributed by atoms with E-state index in [2.05, 4.69) is 0 Å². The number of hydroxylamine groups is 4. The highest BCUT2D eigenvalue weighted by Crippen LogP contribution is 2.51. The third-order valence-electron chi connectivity index (χ3n) is 11.4. The van der Waals surface area contributed by atoms with Gasteiger partial charge in [-0.2, -0.15) is 0 Å². The highest BCUT2D eigenvalue weighted by molar-refractivity contribution is 5.69. The van der Waals surface area contributed by atoms with Crippen LogP contribution < -0.4 is 0 Å². The molecule has 2 radical (unpaired) electrons. The molecule has 4 unspecified atom stereocenters. The first-order valence-corrected chi connectivity index (χ1v) is 18.4. The number of unbranched alkanes of at least 4 members (excludes halogenated alkanes) is 3. The van der Waals surface area contributed by atoms with Crippen molar-refractivity contribution in [2.24, 2.45) is 0 Å². The molecule has 4 aliphatic heterocycles. The van der Waals surface area contributed by atoms with Crippen LogP contribution in [-0.2, 0) is 48.4 Å². The van der Waals surface area contributed by atoms with Gasteiger partial charge in [0.1, 0.15) is 25.4 Å². The van der Waals surface area contributed by atoms with Gasteiger partial charge >= 0.3 is 11.9 Å². The van der Waals surface area contributed by atoms with Crippen LogP contribution in [0, 0.1) is 0 Å². The second kappa shape index (κ2) is 15.5. The van der Waals surface area contributed by atoms with E-state index in [1.165, 1.54) is 10.1 Å². The van der Waals surface area contributed by atoms with E-state index < -0.39 is 33.7 Å². The van der Waals surface area contributed by atoms with Crippen LogP contribution in [0.25, 0.3) is 0 Å². The molecule has 12 nitrogen and oxygen atoms in total. The highest BCUT2D eigenvalue weighted by Gasteiger charge is 2.61. The zero-order valence-corrected chi connectivity index (χ0v) is 30.9. The second-order valence-electron chi connectivity index (χ2n) is 16.0. The van der Waals surface area contributed by atoms with Crippen molar-refractivity contribution in [2.75, 3.05) is 26.4 Å². The second-order valence-corrected chi connectivity index (χ2v) is 16.0. The van der Waals surface area contributed by atoms with Gasteiger partial charge in [0.2, 0.25) is 0 Å². The molecule has 0 bridgehead atoms. The van der Waals surface area contributed by atoms with E-state index in [-0.39, 0.29) is 37.4 Å². The Balaban J connectivity index is 1.08. The lowest BCUT2D eigenvalue weighted by atomic mass is 9.73. The number of nitrogens with zero attached hydrogens (tertiary/aromatic N) is 2. The van der Waals surface area contributed by atoms with Crippen LogP contribution in [0.5, 0.6) is 0 Å². The molecular weight excluding hydrogens is 620 g/mol. The number of hydrogen-bond acceptors (Lipinski definition) is 10. The van der Waals surface area contributed by atoms with E-state index in [1.54, 1.807) is 0 Å². The van der Waals surface area contributed by atoms with E-state index in [1.807, 2.05) is 55.4 Å². The van der Waals surface area contributed by atoms with Crippen molar-refractivity contribution in [3.63, 3.8) is 0 Å². The molecule has 0 aliphatic carbocycles. The Kier molecular flexibility index (Phi) is 12.7. The number of esters is 2. The summed E-state index contributed by atoms with van der Waals surface area (Å²) in [7, 11) is 0. The maximum Gasteiger partial charge on any atom is 0.305 e. The van der Waals surface area contributed by atoms with Gasteiger partial charge in [0, 0.05) is 49.6 Å². The Labute approximate surface area is 288 Å². The molecule has 4 rings (SSSR count). The standard InChI is InChI=1S/C36H62N2O10/c1-9-33(10-2)25-35(23-31(5,6)37(33)41)45-21-27(47-35)19-43-29(39)17-15-13-14-16-18-30(40)44-20-28-22-46-36(48-28)24-32(7,8)38(42)34(11-3,12-4)26-36/h27-28H,9-26H2,1-8H3. The summed E-state index contributed by atoms with van der Waals surface area (Å²) in [6.45, 7) is 16.8. The fraction of sp³-hybridized carbons (Fsp3) is 0.944. The largest absolute Gasteiger partial charge is 0.463 e. The van der Waals surface area contributed by atoms with Crippen molar-refractivity contribution in [1.29, 1.82) is 0 Å². The average molecular weight is 683 g/mol. The van der Waals surface area contributed by atoms with Gasteiger partial charge in [-0.1, -0.05) is 40.5 Å². The number of carbonyl (C=O) groups is 2. The molecule has 0 N–H and O–H groups in total. The van der Waals surface area contributed by atoms with Gasteiger partial charge < -0.3 is 28.4 Å². The predicted molar refractivity (Wildman–Crippen MR) is 175 cm³/mol. The molecule has 0 amide bonds. The van der Waals surface area contributed by atoms with Gasteiger partial charge in [-0.25, -0.2) is 0 Å². The van der Waals surface area contributed by atoms with Gasteiger partial charge in [0.05, 0.1) is 24.3 Å². The topological polar surface area (TPSA) is 136 Å². The molecule has 0 saturated carbocycles. The number of ether oxygens (including phenoxy) is 6. The van der Waals surface area contributed by atoms with Crippen LogP contribution in [0.2, 0.25) is 0 Å². The molecule has 4 atom stereocenters. The Bertz CT molecular complexity index is 1010. The van der Waals surface area contributed by atoms with Crippen molar-refractivity contribution >= 4 is 11.9 Å². The summed E-state index contributed by atoms with van der Waals surface area (Å²) in [6, 6.07) is 0. The Morgan fingerprint density at radius 2 is 0.958 bits per heavy atom. The molecule has 4 saturated heterocycles.